The van der Waals surface area contributed by atoms with E-state index in [2.05, 4.69) is 16.6 Å². The Morgan fingerprint density at radius 2 is 1.93 bits per heavy atom. The van der Waals surface area contributed by atoms with Crippen molar-refractivity contribution in [2.45, 2.75) is 13.0 Å². The minimum Gasteiger partial charge on any atom is -0.326 e. The number of nitrogens with two attached hydrogens (primary N) is 1. The molecular formula is C11H12N3. The van der Waals surface area contributed by atoms with E-state index in [4.69, 9.17) is 5.73 Å². The van der Waals surface area contributed by atoms with Crippen LogP contribution in [0.15, 0.2) is 41.1 Å². The van der Waals surface area contributed by atoms with Gasteiger partial charge < -0.3 is 5.73 Å². The Morgan fingerprint density at radius 1 is 1.14 bits per heavy atom. The van der Waals surface area contributed by atoms with Crippen LogP contribution < -0.4 is 11.2 Å². The molecule has 1 radical (unpaired) electrons. The fourth-order valence-corrected chi connectivity index (χ4v) is 1.48. The Kier molecular flexibility index (Phi) is 2.60. The van der Waals surface area contributed by atoms with Gasteiger partial charge in [0.15, 0.2) is 0 Å². The lowest BCUT2D eigenvalue weighted by atomic mass is 10.0. The highest BCUT2D eigenvalue weighted by molar-refractivity contribution is 5.74. The Hall–Kier alpha value is -1.61. The van der Waals surface area contributed by atoms with Crippen molar-refractivity contribution >= 4 is 6.21 Å². The number of benzene rings is 1. The first-order valence-electron chi connectivity index (χ1n) is 4.60. The van der Waals surface area contributed by atoms with Crippen LogP contribution in [0.25, 0.3) is 0 Å². The van der Waals surface area contributed by atoms with E-state index in [0.717, 1.165) is 12.1 Å². The molecule has 0 bridgehead atoms. The molecule has 2 rings (SSSR count). The van der Waals surface area contributed by atoms with Crippen molar-refractivity contribution in [3.05, 3.63) is 47.2 Å². The van der Waals surface area contributed by atoms with Crippen molar-refractivity contribution in [3.8, 4) is 0 Å². The van der Waals surface area contributed by atoms with Crippen molar-refractivity contribution in [1.29, 1.82) is 0 Å². The highest BCUT2D eigenvalue weighted by atomic mass is 15.3. The number of allylic oxidation sites excluding steroid dienone is 2. The Bertz CT molecular complexity index is 380. The second kappa shape index (κ2) is 4.07. The maximum absolute atomic E-state index is 5.64. The van der Waals surface area contributed by atoms with Crippen molar-refractivity contribution in [1.82, 2.24) is 5.43 Å². The fraction of sp³-hybridized carbons (Fsp3) is 0.182. The molecule has 71 valence electrons. The number of rotatable bonds is 3. The molecule has 0 amide bonds. The summed E-state index contributed by atoms with van der Waals surface area (Å²) >= 11 is 0. The van der Waals surface area contributed by atoms with Crippen LogP contribution in [0.3, 0.4) is 0 Å². The van der Waals surface area contributed by atoms with Gasteiger partial charge in [-0.2, -0.15) is 10.5 Å². The lowest BCUT2D eigenvalue weighted by Gasteiger charge is -2.06. The minimum absolute atomic E-state index is 0.574. The minimum atomic E-state index is 0.574. The molecule has 1 aliphatic rings. The number of nitrogens with zero attached hydrogens (tertiary/aromatic N) is 2. The molecule has 1 aromatic carbocycles. The topological polar surface area (TPSA) is 52.5 Å². The third-order valence-corrected chi connectivity index (χ3v) is 2.23. The molecule has 0 aliphatic carbocycles. The van der Waals surface area contributed by atoms with Gasteiger partial charge in [-0.25, -0.2) is 0 Å². The van der Waals surface area contributed by atoms with E-state index in [9.17, 15) is 0 Å². The highest BCUT2D eigenvalue weighted by Crippen LogP contribution is 2.13. The van der Waals surface area contributed by atoms with E-state index in [0.29, 0.717) is 6.54 Å². The lowest BCUT2D eigenvalue weighted by molar-refractivity contribution is 0.845. The molecule has 0 unspecified atom stereocenters. The van der Waals surface area contributed by atoms with Crippen LogP contribution in [0, 0.1) is 0 Å². The van der Waals surface area contributed by atoms with Gasteiger partial charge in [0.2, 0.25) is 0 Å². The molecular weight excluding hydrogens is 174 g/mol. The van der Waals surface area contributed by atoms with Gasteiger partial charge in [-0.1, -0.05) is 24.3 Å². The summed E-state index contributed by atoms with van der Waals surface area (Å²) in [5.74, 6) is 0. The van der Waals surface area contributed by atoms with Gasteiger partial charge >= 0.3 is 0 Å². The molecule has 0 fully saturated rings. The molecule has 0 spiro atoms. The molecule has 1 aliphatic heterocycles. The quantitative estimate of drug-likeness (QED) is 0.757. The van der Waals surface area contributed by atoms with Gasteiger partial charge in [0.05, 0.1) is 11.9 Å². The van der Waals surface area contributed by atoms with Crippen LogP contribution in [0.4, 0.5) is 0 Å². The molecule has 3 nitrogen and oxygen atoms in total. The van der Waals surface area contributed by atoms with E-state index in [1.54, 1.807) is 6.21 Å². The predicted octanol–water partition coefficient (Wildman–Crippen LogP) is 1.18. The second-order valence-electron chi connectivity index (χ2n) is 3.17. The Balaban J connectivity index is 2.15. The van der Waals surface area contributed by atoms with E-state index in [1.165, 1.54) is 11.1 Å². The predicted molar refractivity (Wildman–Crippen MR) is 56.7 cm³/mol. The Morgan fingerprint density at radius 3 is 2.57 bits per heavy atom. The van der Waals surface area contributed by atoms with Crippen molar-refractivity contribution in [2.75, 3.05) is 0 Å². The maximum atomic E-state index is 5.64. The summed E-state index contributed by atoms with van der Waals surface area (Å²) in [6, 6.07) is 8.15. The smallest absolute Gasteiger partial charge is 0.0690 e. The number of hydrogen-bond donors (Lipinski definition) is 1. The zero-order valence-corrected chi connectivity index (χ0v) is 7.85. The Labute approximate surface area is 83.3 Å². The summed E-state index contributed by atoms with van der Waals surface area (Å²) in [6.07, 6.45) is 4.45. The lowest BCUT2D eigenvalue weighted by Crippen LogP contribution is -2.04. The fourth-order valence-electron chi connectivity index (χ4n) is 1.48. The largest absolute Gasteiger partial charge is 0.326 e. The van der Waals surface area contributed by atoms with Crippen LogP contribution >= 0.6 is 0 Å². The van der Waals surface area contributed by atoms with Gasteiger partial charge in [-0.15, -0.1) is 0 Å². The summed E-state index contributed by atoms with van der Waals surface area (Å²) in [5.41, 5.74) is 13.0. The van der Waals surface area contributed by atoms with E-state index in [-0.39, 0.29) is 0 Å². The normalized spacial score (nSPS) is 13.9. The van der Waals surface area contributed by atoms with Gasteiger partial charge in [0, 0.05) is 13.0 Å². The maximum Gasteiger partial charge on any atom is 0.0690 e. The van der Waals surface area contributed by atoms with E-state index >= 15 is 0 Å². The van der Waals surface area contributed by atoms with Crippen LogP contribution in [-0.2, 0) is 13.0 Å². The summed E-state index contributed by atoms with van der Waals surface area (Å²) in [5, 5.41) is 3.79. The van der Waals surface area contributed by atoms with Gasteiger partial charge in [-0.05, 0) is 17.2 Å². The molecule has 0 saturated carbocycles. The van der Waals surface area contributed by atoms with Crippen LogP contribution in [0.1, 0.15) is 11.1 Å². The average molecular weight is 186 g/mol. The first kappa shape index (κ1) is 8.97. The van der Waals surface area contributed by atoms with Crippen molar-refractivity contribution < 1.29 is 0 Å². The molecule has 0 atom stereocenters. The average Bonchev–Trinajstić information content (AvgIpc) is 2.71. The van der Waals surface area contributed by atoms with Crippen molar-refractivity contribution in [3.63, 3.8) is 0 Å². The molecule has 0 aromatic heterocycles. The second-order valence-corrected chi connectivity index (χ2v) is 3.17. The molecule has 14 heavy (non-hydrogen) atoms. The van der Waals surface area contributed by atoms with Crippen molar-refractivity contribution in [2.24, 2.45) is 10.8 Å². The monoisotopic (exact) mass is 186 g/mol. The molecule has 3 heteroatoms. The molecule has 1 heterocycles. The van der Waals surface area contributed by atoms with Gasteiger partial charge in [0.1, 0.15) is 0 Å². The van der Waals surface area contributed by atoms with Crippen LogP contribution in [-0.4, -0.2) is 6.21 Å². The van der Waals surface area contributed by atoms with E-state index in [1.807, 2.05) is 24.3 Å². The van der Waals surface area contributed by atoms with Crippen LogP contribution in [0.2, 0.25) is 0 Å². The first-order valence-corrected chi connectivity index (χ1v) is 4.60. The van der Waals surface area contributed by atoms with Gasteiger partial charge in [-0.3, -0.25) is 0 Å². The highest BCUT2D eigenvalue weighted by Gasteiger charge is 2.06. The van der Waals surface area contributed by atoms with Gasteiger partial charge in [0.25, 0.3) is 0 Å². The summed E-state index contributed by atoms with van der Waals surface area (Å²) in [7, 11) is 0. The first-order chi connectivity index (χ1) is 6.90. The van der Waals surface area contributed by atoms with Crippen LogP contribution in [0.5, 0.6) is 0 Å². The zero-order valence-electron chi connectivity index (χ0n) is 7.85. The standard InChI is InChI=1S/C11H12N3/c12-8-10-4-2-1-3-9(10)7-11-5-6-13-14-11/h1-6H,7-8,12H2. The third kappa shape index (κ3) is 1.83. The SMILES string of the molecule is NCc1ccccc1CC1=CC=N[N]1. The summed E-state index contributed by atoms with van der Waals surface area (Å²) in [4.78, 5) is 0. The summed E-state index contributed by atoms with van der Waals surface area (Å²) < 4.78 is 0. The third-order valence-electron chi connectivity index (χ3n) is 2.23. The molecule has 1 aromatic rings. The molecule has 2 N–H and O–H groups in total. The van der Waals surface area contributed by atoms with E-state index < -0.39 is 0 Å². The molecule has 0 saturated heterocycles. The zero-order chi connectivity index (χ0) is 9.80. The number of hydrogen-bond acceptors (Lipinski definition) is 2. The summed E-state index contributed by atoms with van der Waals surface area (Å²) in [6.45, 7) is 0.574.